The quantitative estimate of drug-likeness (QED) is 0.939. The van der Waals surface area contributed by atoms with Crippen molar-refractivity contribution in [2.75, 3.05) is 33.0 Å². The van der Waals surface area contributed by atoms with Gasteiger partial charge in [-0.2, -0.15) is 0 Å². The number of aromatic amines is 1. The Hall–Kier alpha value is -2.05. The average Bonchev–Trinajstić information content (AvgIpc) is 3.01. The van der Waals surface area contributed by atoms with E-state index < -0.39 is 0 Å². The zero-order chi connectivity index (χ0) is 15.6. The summed E-state index contributed by atoms with van der Waals surface area (Å²) >= 11 is 0. The molecule has 0 radical (unpaired) electrons. The lowest BCUT2D eigenvalue weighted by molar-refractivity contribution is -0.0157. The normalized spacial score (nSPS) is 21.3. The molecule has 2 aliphatic heterocycles. The maximum atomic E-state index is 5.68. The van der Waals surface area contributed by atoms with Gasteiger partial charge in [0.25, 0.3) is 0 Å². The minimum Gasteiger partial charge on any atom is -0.486 e. The molecule has 0 spiro atoms. The molecular weight excluding hydrogens is 294 g/mol. The molecule has 0 saturated carbocycles. The van der Waals surface area contributed by atoms with Crippen LogP contribution in [0.1, 0.15) is 23.1 Å². The Bertz CT molecular complexity index is 685. The third kappa shape index (κ3) is 3.04. The van der Waals surface area contributed by atoms with Gasteiger partial charge in [-0.15, -0.1) is 0 Å². The summed E-state index contributed by atoms with van der Waals surface area (Å²) in [5, 5.41) is 0. The van der Waals surface area contributed by atoms with Crippen LogP contribution >= 0.6 is 0 Å². The molecule has 1 aromatic carbocycles. The number of imidazole rings is 1. The van der Waals surface area contributed by atoms with Crippen LogP contribution in [0, 0.1) is 6.92 Å². The monoisotopic (exact) mass is 315 g/mol. The molecule has 3 heterocycles. The summed E-state index contributed by atoms with van der Waals surface area (Å²) in [6, 6.07) is 6.34. The first-order valence-electron chi connectivity index (χ1n) is 8.01. The molecule has 4 rings (SSSR count). The zero-order valence-electron chi connectivity index (χ0n) is 13.2. The van der Waals surface area contributed by atoms with Gasteiger partial charge in [-0.1, -0.05) is 6.07 Å². The molecule has 6 heteroatoms. The molecule has 2 aromatic rings. The van der Waals surface area contributed by atoms with Crippen molar-refractivity contribution in [2.45, 2.75) is 19.5 Å². The second-order valence-electron chi connectivity index (χ2n) is 5.99. The Labute approximate surface area is 135 Å². The molecule has 2 aliphatic rings. The Balaban J connectivity index is 1.54. The number of hydrogen-bond donors (Lipinski definition) is 1. The Morgan fingerprint density at radius 2 is 2.09 bits per heavy atom. The number of fused-ring (bicyclic) bond motifs is 1. The third-order valence-electron chi connectivity index (χ3n) is 4.27. The van der Waals surface area contributed by atoms with E-state index in [9.17, 15) is 0 Å². The average molecular weight is 315 g/mol. The molecule has 0 unspecified atom stereocenters. The second kappa shape index (κ2) is 6.22. The highest BCUT2D eigenvalue weighted by molar-refractivity contribution is 5.43. The van der Waals surface area contributed by atoms with Crippen molar-refractivity contribution in [3.05, 3.63) is 41.5 Å². The molecule has 1 saturated heterocycles. The van der Waals surface area contributed by atoms with Crippen LogP contribution in [0.3, 0.4) is 0 Å². The van der Waals surface area contributed by atoms with Crippen LogP contribution in [-0.2, 0) is 11.3 Å². The van der Waals surface area contributed by atoms with Crippen molar-refractivity contribution >= 4 is 0 Å². The van der Waals surface area contributed by atoms with Gasteiger partial charge >= 0.3 is 0 Å². The van der Waals surface area contributed by atoms with Crippen molar-refractivity contribution in [1.82, 2.24) is 14.9 Å². The van der Waals surface area contributed by atoms with E-state index in [0.29, 0.717) is 19.8 Å². The first kappa shape index (κ1) is 14.5. The van der Waals surface area contributed by atoms with Crippen LogP contribution in [0.15, 0.2) is 24.4 Å². The largest absolute Gasteiger partial charge is 0.486 e. The highest BCUT2D eigenvalue weighted by Crippen LogP contribution is 2.32. The van der Waals surface area contributed by atoms with Crippen LogP contribution in [-0.4, -0.2) is 47.8 Å². The van der Waals surface area contributed by atoms with Crippen LogP contribution in [0.25, 0.3) is 0 Å². The number of nitrogens with one attached hydrogen (secondary N) is 1. The van der Waals surface area contributed by atoms with Crippen molar-refractivity contribution in [3.8, 4) is 11.5 Å². The molecule has 1 fully saturated rings. The first-order chi connectivity index (χ1) is 11.3. The third-order valence-corrected chi connectivity index (χ3v) is 4.27. The van der Waals surface area contributed by atoms with Crippen molar-refractivity contribution < 1.29 is 14.2 Å². The second-order valence-corrected chi connectivity index (χ2v) is 5.99. The van der Waals surface area contributed by atoms with Crippen molar-refractivity contribution in [3.63, 3.8) is 0 Å². The van der Waals surface area contributed by atoms with Gasteiger partial charge in [0.1, 0.15) is 19.0 Å². The highest BCUT2D eigenvalue weighted by Gasteiger charge is 2.27. The van der Waals surface area contributed by atoms with Crippen LogP contribution in [0.5, 0.6) is 11.5 Å². The molecule has 0 bridgehead atoms. The molecule has 1 atom stereocenters. The molecule has 6 nitrogen and oxygen atoms in total. The van der Waals surface area contributed by atoms with Crippen LogP contribution in [0.2, 0.25) is 0 Å². The predicted molar refractivity (Wildman–Crippen MR) is 84.7 cm³/mol. The molecule has 1 N–H and O–H groups in total. The van der Waals surface area contributed by atoms with E-state index in [0.717, 1.165) is 42.7 Å². The first-order valence-corrected chi connectivity index (χ1v) is 8.01. The molecular formula is C17H21N3O3. The SMILES string of the molecule is Cc1cnc([C@H]2COCCN2Cc2ccc3c(c2)OCCO3)[nH]1. The number of nitrogens with zero attached hydrogens (tertiary/aromatic N) is 2. The smallest absolute Gasteiger partial charge is 0.161 e. The van der Waals surface area contributed by atoms with E-state index in [2.05, 4.69) is 27.0 Å². The maximum absolute atomic E-state index is 5.68. The van der Waals surface area contributed by atoms with E-state index in [1.165, 1.54) is 5.56 Å². The van der Waals surface area contributed by atoms with Gasteiger partial charge in [-0.05, 0) is 24.6 Å². The van der Waals surface area contributed by atoms with Gasteiger partial charge in [0.05, 0.1) is 19.3 Å². The lowest BCUT2D eigenvalue weighted by Gasteiger charge is -2.34. The van der Waals surface area contributed by atoms with Crippen molar-refractivity contribution in [2.24, 2.45) is 0 Å². The van der Waals surface area contributed by atoms with E-state index in [-0.39, 0.29) is 6.04 Å². The van der Waals surface area contributed by atoms with Crippen LogP contribution in [0.4, 0.5) is 0 Å². The standard InChI is InChI=1S/C17H21N3O3/c1-12-9-18-17(19-12)14-11-21-5-4-20(14)10-13-2-3-15-16(8-13)23-7-6-22-15/h2-3,8-9,14H,4-7,10-11H2,1H3,(H,18,19)/t14-/m1/s1. The fraction of sp³-hybridized carbons (Fsp3) is 0.471. The minimum absolute atomic E-state index is 0.158. The topological polar surface area (TPSA) is 59.6 Å². The summed E-state index contributed by atoms with van der Waals surface area (Å²) < 4.78 is 16.9. The summed E-state index contributed by atoms with van der Waals surface area (Å²) in [5.74, 6) is 2.65. The van der Waals surface area contributed by atoms with E-state index in [4.69, 9.17) is 14.2 Å². The maximum Gasteiger partial charge on any atom is 0.161 e. The van der Waals surface area contributed by atoms with Gasteiger partial charge in [0.15, 0.2) is 11.5 Å². The van der Waals surface area contributed by atoms with Gasteiger partial charge in [0.2, 0.25) is 0 Å². The summed E-state index contributed by atoms with van der Waals surface area (Å²) in [4.78, 5) is 10.2. The van der Waals surface area contributed by atoms with Gasteiger partial charge < -0.3 is 19.2 Å². The summed E-state index contributed by atoms with van der Waals surface area (Å²) in [6.07, 6.45) is 1.87. The molecule has 0 amide bonds. The fourth-order valence-corrected chi connectivity index (χ4v) is 3.10. The number of H-pyrrole nitrogens is 1. The molecule has 0 aliphatic carbocycles. The number of aryl methyl sites for hydroxylation is 1. The lowest BCUT2D eigenvalue weighted by atomic mass is 10.1. The van der Waals surface area contributed by atoms with Crippen molar-refractivity contribution in [1.29, 1.82) is 0 Å². The fourth-order valence-electron chi connectivity index (χ4n) is 3.10. The van der Waals surface area contributed by atoms with E-state index in [1.807, 2.05) is 19.2 Å². The summed E-state index contributed by atoms with van der Waals surface area (Å²) in [6.45, 7) is 6.39. The Morgan fingerprint density at radius 1 is 1.22 bits per heavy atom. The molecule has 23 heavy (non-hydrogen) atoms. The Morgan fingerprint density at radius 3 is 2.91 bits per heavy atom. The van der Waals surface area contributed by atoms with E-state index in [1.54, 1.807) is 0 Å². The number of hydrogen-bond acceptors (Lipinski definition) is 5. The number of ether oxygens (including phenoxy) is 3. The minimum atomic E-state index is 0.158. The lowest BCUT2D eigenvalue weighted by Crippen LogP contribution is -2.39. The molecule has 1 aromatic heterocycles. The van der Waals surface area contributed by atoms with Gasteiger partial charge in [0, 0.05) is 25.0 Å². The zero-order valence-corrected chi connectivity index (χ0v) is 13.2. The van der Waals surface area contributed by atoms with Gasteiger partial charge in [-0.3, -0.25) is 4.90 Å². The predicted octanol–water partition coefficient (Wildman–Crippen LogP) is 2.06. The van der Waals surface area contributed by atoms with Gasteiger partial charge in [-0.25, -0.2) is 4.98 Å². The number of rotatable bonds is 3. The Kier molecular flexibility index (Phi) is 3.93. The van der Waals surface area contributed by atoms with E-state index >= 15 is 0 Å². The number of benzene rings is 1. The number of aromatic nitrogens is 2. The summed E-state index contributed by atoms with van der Waals surface area (Å²) in [7, 11) is 0. The van der Waals surface area contributed by atoms with Crippen LogP contribution < -0.4 is 9.47 Å². The molecule has 122 valence electrons. The highest BCUT2D eigenvalue weighted by atomic mass is 16.6. The number of morpholine rings is 1. The summed E-state index contributed by atoms with van der Waals surface area (Å²) in [5.41, 5.74) is 2.29.